The molecule has 1 heterocycles. The second kappa shape index (κ2) is 6.14. The monoisotopic (exact) mass is 243 g/mol. The van der Waals surface area contributed by atoms with E-state index in [1.54, 1.807) is 14.2 Å². The number of aliphatic hydroxyl groups is 1. The molecule has 0 aromatic rings. The van der Waals surface area contributed by atoms with Gasteiger partial charge in [0.15, 0.2) is 0 Å². The van der Waals surface area contributed by atoms with Gasteiger partial charge in [-0.05, 0) is 31.7 Å². The number of rotatable bonds is 5. The highest BCUT2D eigenvalue weighted by Gasteiger charge is 2.33. The molecule has 4 unspecified atom stereocenters. The first-order valence-electron chi connectivity index (χ1n) is 6.70. The number of methoxy groups -OCH3 is 2. The van der Waals surface area contributed by atoms with Gasteiger partial charge in [-0.25, -0.2) is 0 Å². The summed E-state index contributed by atoms with van der Waals surface area (Å²) in [5.41, 5.74) is 0. The van der Waals surface area contributed by atoms with Crippen molar-refractivity contribution in [3.05, 3.63) is 0 Å². The normalized spacial score (nSPS) is 39.0. The van der Waals surface area contributed by atoms with Crippen molar-refractivity contribution in [2.45, 2.75) is 44.0 Å². The summed E-state index contributed by atoms with van der Waals surface area (Å²) >= 11 is 0. The molecule has 1 aliphatic heterocycles. The first kappa shape index (κ1) is 13.3. The quantitative estimate of drug-likeness (QED) is 0.778. The van der Waals surface area contributed by atoms with Gasteiger partial charge in [-0.15, -0.1) is 0 Å². The minimum atomic E-state index is -0.0611. The van der Waals surface area contributed by atoms with Crippen LogP contribution in [0.1, 0.15) is 25.7 Å². The molecule has 0 aromatic carbocycles. The number of ether oxygens (including phenoxy) is 2. The third-order valence-corrected chi connectivity index (χ3v) is 4.33. The molecule has 4 heteroatoms. The highest BCUT2D eigenvalue weighted by atomic mass is 16.5. The number of hydrogen-bond acceptors (Lipinski definition) is 4. The maximum Gasteiger partial charge on any atom is 0.0971 e. The van der Waals surface area contributed by atoms with Crippen LogP contribution in [0.2, 0.25) is 0 Å². The molecule has 1 aliphatic carbocycles. The Labute approximate surface area is 104 Å². The van der Waals surface area contributed by atoms with E-state index >= 15 is 0 Å². The zero-order valence-electron chi connectivity index (χ0n) is 11.0. The fraction of sp³-hybridized carbons (Fsp3) is 1.00. The van der Waals surface area contributed by atoms with Crippen LogP contribution >= 0.6 is 0 Å². The zero-order chi connectivity index (χ0) is 12.3. The largest absolute Gasteiger partial charge is 0.393 e. The van der Waals surface area contributed by atoms with E-state index in [2.05, 4.69) is 4.90 Å². The van der Waals surface area contributed by atoms with Crippen LogP contribution in [0, 0.1) is 5.92 Å². The fourth-order valence-corrected chi connectivity index (χ4v) is 3.16. The first-order chi connectivity index (χ1) is 8.24. The van der Waals surface area contributed by atoms with Gasteiger partial charge in [-0.3, -0.25) is 4.90 Å². The van der Waals surface area contributed by atoms with Crippen molar-refractivity contribution in [3.8, 4) is 0 Å². The zero-order valence-corrected chi connectivity index (χ0v) is 11.0. The Kier molecular flexibility index (Phi) is 4.79. The van der Waals surface area contributed by atoms with Gasteiger partial charge >= 0.3 is 0 Å². The van der Waals surface area contributed by atoms with Gasteiger partial charge in [0.2, 0.25) is 0 Å². The van der Waals surface area contributed by atoms with Crippen LogP contribution in [-0.4, -0.2) is 62.2 Å². The van der Waals surface area contributed by atoms with E-state index in [1.807, 2.05) is 0 Å². The number of aliphatic hydroxyl groups excluding tert-OH is 1. The van der Waals surface area contributed by atoms with Crippen LogP contribution in [0.3, 0.4) is 0 Å². The van der Waals surface area contributed by atoms with Gasteiger partial charge < -0.3 is 14.6 Å². The van der Waals surface area contributed by atoms with Crippen LogP contribution < -0.4 is 0 Å². The van der Waals surface area contributed by atoms with Crippen LogP contribution in [0.25, 0.3) is 0 Å². The molecule has 100 valence electrons. The minimum absolute atomic E-state index is 0.0611. The molecule has 0 bridgehead atoms. The molecule has 2 aliphatic rings. The summed E-state index contributed by atoms with van der Waals surface area (Å²) in [6.07, 6.45) is 4.82. The average Bonchev–Trinajstić information content (AvgIpc) is 2.92. The molecule has 4 nitrogen and oxygen atoms in total. The van der Waals surface area contributed by atoms with E-state index in [4.69, 9.17) is 9.47 Å². The highest BCUT2D eigenvalue weighted by molar-refractivity contribution is 4.86. The Morgan fingerprint density at radius 2 is 1.76 bits per heavy atom. The summed E-state index contributed by atoms with van der Waals surface area (Å²) in [7, 11) is 3.50. The van der Waals surface area contributed by atoms with Gasteiger partial charge in [0.05, 0.1) is 18.3 Å². The van der Waals surface area contributed by atoms with Gasteiger partial charge in [-0.2, -0.15) is 0 Å². The van der Waals surface area contributed by atoms with E-state index < -0.39 is 0 Å². The summed E-state index contributed by atoms with van der Waals surface area (Å²) in [4.78, 5) is 2.40. The second-order valence-electron chi connectivity index (χ2n) is 5.35. The Hall–Kier alpha value is -0.160. The lowest BCUT2D eigenvalue weighted by atomic mass is 10.0. The Morgan fingerprint density at radius 3 is 2.24 bits per heavy atom. The molecule has 1 saturated heterocycles. The number of nitrogens with zero attached hydrogens (tertiary/aromatic N) is 1. The van der Waals surface area contributed by atoms with Gasteiger partial charge in [-0.1, -0.05) is 6.42 Å². The Bertz CT molecular complexity index is 225. The van der Waals surface area contributed by atoms with Crippen molar-refractivity contribution in [1.29, 1.82) is 0 Å². The first-order valence-corrected chi connectivity index (χ1v) is 6.70. The van der Waals surface area contributed by atoms with Gasteiger partial charge in [0.1, 0.15) is 0 Å². The van der Waals surface area contributed by atoms with Crippen LogP contribution in [0.4, 0.5) is 0 Å². The summed E-state index contributed by atoms with van der Waals surface area (Å²) in [6.45, 7) is 2.97. The molecule has 2 rings (SSSR count). The Morgan fingerprint density at radius 1 is 1.12 bits per heavy atom. The third-order valence-electron chi connectivity index (χ3n) is 4.33. The smallest absolute Gasteiger partial charge is 0.0971 e. The predicted molar refractivity (Wildman–Crippen MR) is 66.0 cm³/mol. The summed E-state index contributed by atoms with van der Waals surface area (Å²) in [6, 6.07) is 0. The SMILES string of the molecule is COC1CN(CCC2CCCC2O)CC1OC. The van der Waals surface area contributed by atoms with Crippen molar-refractivity contribution in [1.82, 2.24) is 4.90 Å². The summed E-state index contributed by atoms with van der Waals surface area (Å²) in [5.74, 6) is 0.512. The molecule has 17 heavy (non-hydrogen) atoms. The molecular formula is C13H25NO3. The highest BCUT2D eigenvalue weighted by Crippen LogP contribution is 2.29. The van der Waals surface area contributed by atoms with Crippen molar-refractivity contribution in [2.24, 2.45) is 5.92 Å². The average molecular weight is 243 g/mol. The lowest BCUT2D eigenvalue weighted by Gasteiger charge is -2.19. The second-order valence-corrected chi connectivity index (χ2v) is 5.35. The van der Waals surface area contributed by atoms with Gasteiger partial charge in [0.25, 0.3) is 0 Å². The molecule has 0 radical (unpaired) electrons. The molecule has 4 atom stereocenters. The summed E-state index contributed by atoms with van der Waals surface area (Å²) in [5, 5.41) is 9.79. The summed E-state index contributed by atoms with van der Waals surface area (Å²) < 4.78 is 10.8. The fourth-order valence-electron chi connectivity index (χ4n) is 3.16. The van der Waals surface area contributed by atoms with E-state index in [1.165, 1.54) is 12.8 Å². The number of likely N-dealkylation sites (tertiary alicyclic amines) is 1. The lowest BCUT2D eigenvalue weighted by molar-refractivity contribution is -0.00461. The maximum atomic E-state index is 9.79. The van der Waals surface area contributed by atoms with Crippen molar-refractivity contribution in [3.63, 3.8) is 0 Å². The van der Waals surface area contributed by atoms with Crippen LogP contribution in [-0.2, 0) is 9.47 Å². The molecule has 0 aromatic heterocycles. The predicted octanol–water partition coefficient (Wildman–Crippen LogP) is 0.883. The Balaban J connectivity index is 1.73. The third kappa shape index (κ3) is 3.19. The number of hydrogen-bond donors (Lipinski definition) is 1. The maximum absolute atomic E-state index is 9.79. The van der Waals surface area contributed by atoms with Crippen molar-refractivity contribution >= 4 is 0 Å². The molecular weight excluding hydrogens is 218 g/mol. The van der Waals surface area contributed by atoms with Gasteiger partial charge in [0, 0.05) is 27.3 Å². The van der Waals surface area contributed by atoms with Crippen LogP contribution in [0.5, 0.6) is 0 Å². The standard InChI is InChI=1S/C13H25NO3/c1-16-12-8-14(9-13(12)17-2)7-6-10-4-3-5-11(10)15/h10-13,15H,3-9H2,1-2H3. The molecule has 1 saturated carbocycles. The van der Waals surface area contributed by atoms with E-state index in [-0.39, 0.29) is 18.3 Å². The van der Waals surface area contributed by atoms with Crippen LogP contribution in [0.15, 0.2) is 0 Å². The van der Waals surface area contributed by atoms with Crippen molar-refractivity contribution < 1.29 is 14.6 Å². The molecule has 0 spiro atoms. The minimum Gasteiger partial charge on any atom is -0.393 e. The van der Waals surface area contributed by atoms with E-state index in [0.29, 0.717) is 5.92 Å². The topological polar surface area (TPSA) is 41.9 Å². The van der Waals surface area contributed by atoms with E-state index in [9.17, 15) is 5.11 Å². The van der Waals surface area contributed by atoms with Crippen molar-refractivity contribution in [2.75, 3.05) is 33.9 Å². The van der Waals surface area contributed by atoms with E-state index in [0.717, 1.165) is 32.5 Å². The molecule has 2 fully saturated rings. The molecule has 1 N–H and O–H groups in total. The lowest BCUT2D eigenvalue weighted by Crippen LogP contribution is -2.27. The molecule has 0 amide bonds.